The molecule has 0 radical (unpaired) electrons. The van der Waals surface area contributed by atoms with E-state index in [9.17, 15) is 14.4 Å². The number of hydrogen-bond donors (Lipinski definition) is 2. The number of thioether (sulfide) groups is 1. The molecule has 38 heavy (non-hydrogen) atoms. The Morgan fingerprint density at radius 3 is 2.45 bits per heavy atom. The molecular formula is C28H28N4O5S. The molecule has 2 N–H and O–H groups in total. The number of methoxy groups -OCH3 is 2. The van der Waals surface area contributed by atoms with Crippen LogP contribution < -0.4 is 25.1 Å². The highest BCUT2D eigenvalue weighted by Gasteiger charge is 2.28. The van der Waals surface area contributed by atoms with E-state index in [2.05, 4.69) is 15.7 Å². The van der Waals surface area contributed by atoms with Crippen molar-refractivity contribution in [3.05, 3.63) is 78.4 Å². The molecule has 1 unspecified atom stereocenters. The van der Waals surface area contributed by atoms with Gasteiger partial charge in [-0.2, -0.15) is 10.1 Å². The molecule has 0 bridgehead atoms. The van der Waals surface area contributed by atoms with E-state index in [1.54, 1.807) is 36.4 Å². The normalized spacial score (nSPS) is 13.5. The Labute approximate surface area is 225 Å². The van der Waals surface area contributed by atoms with E-state index in [-0.39, 0.29) is 24.1 Å². The van der Waals surface area contributed by atoms with Gasteiger partial charge in [0.25, 0.3) is 11.8 Å². The maximum Gasteiger partial charge on any atom is 0.255 e. The second-order valence-electron chi connectivity index (χ2n) is 8.32. The van der Waals surface area contributed by atoms with E-state index in [0.717, 1.165) is 4.90 Å². The molecule has 1 heterocycles. The van der Waals surface area contributed by atoms with Crippen LogP contribution in [0.3, 0.4) is 0 Å². The van der Waals surface area contributed by atoms with Crippen molar-refractivity contribution in [1.82, 2.24) is 5.32 Å². The van der Waals surface area contributed by atoms with Crippen LogP contribution in [-0.4, -0.2) is 43.0 Å². The lowest BCUT2D eigenvalue weighted by Gasteiger charge is -2.15. The molecule has 196 valence electrons. The number of ether oxygens (including phenoxy) is 2. The molecule has 0 fully saturated rings. The van der Waals surface area contributed by atoms with Crippen LogP contribution in [0.4, 0.5) is 11.4 Å². The fourth-order valence-electron chi connectivity index (χ4n) is 3.81. The zero-order chi connectivity index (χ0) is 27.1. The summed E-state index contributed by atoms with van der Waals surface area (Å²) in [4.78, 5) is 39.0. The molecule has 4 rings (SSSR count). The molecule has 1 aliphatic rings. The number of benzene rings is 3. The van der Waals surface area contributed by atoms with Gasteiger partial charge in [0.1, 0.15) is 5.84 Å². The Morgan fingerprint density at radius 2 is 1.74 bits per heavy atom. The van der Waals surface area contributed by atoms with Gasteiger partial charge in [0.15, 0.2) is 11.5 Å². The van der Waals surface area contributed by atoms with Crippen molar-refractivity contribution in [2.24, 2.45) is 5.10 Å². The summed E-state index contributed by atoms with van der Waals surface area (Å²) in [7, 11) is 3.04. The SMILES string of the molecule is CCC(Sc1cccc(NC(=O)c2ccc(OC)c(OC)c2)c1)C(=O)NC1=NN(c2ccccc2)C(=O)C1. The molecular weight excluding hydrogens is 504 g/mol. The van der Waals surface area contributed by atoms with Gasteiger partial charge in [-0.3, -0.25) is 14.4 Å². The van der Waals surface area contributed by atoms with Crippen LogP contribution >= 0.6 is 11.8 Å². The van der Waals surface area contributed by atoms with Crippen molar-refractivity contribution < 1.29 is 23.9 Å². The first-order chi connectivity index (χ1) is 18.4. The van der Waals surface area contributed by atoms with Gasteiger partial charge in [0.2, 0.25) is 5.91 Å². The third-order valence-corrected chi connectivity index (χ3v) is 7.08. The van der Waals surface area contributed by atoms with Crippen LogP contribution in [0.25, 0.3) is 0 Å². The lowest BCUT2D eigenvalue weighted by Crippen LogP contribution is -2.36. The number of anilines is 2. The van der Waals surface area contributed by atoms with Gasteiger partial charge in [-0.1, -0.05) is 31.2 Å². The molecule has 0 spiro atoms. The molecule has 0 aromatic heterocycles. The third-order valence-electron chi connectivity index (χ3n) is 5.72. The zero-order valence-corrected chi connectivity index (χ0v) is 22.1. The van der Waals surface area contributed by atoms with E-state index in [4.69, 9.17) is 9.47 Å². The van der Waals surface area contributed by atoms with Gasteiger partial charge < -0.3 is 20.1 Å². The number of amidine groups is 1. The molecule has 3 aromatic rings. The third kappa shape index (κ3) is 6.33. The van der Waals surface area contributed by atoms with Gasteiger partial charge in [-0.25, -0.2) is 0 Å². The van der Waals surface area contributed by atoms with E-state index in [1.165, 1.54) is 31.0 Å². The zero-order valence-electron chi connectivity index (χ0n) is 21.3. The van der Waals surface area contributed by atoms with E-state index in [0.29, 0.717) is 40.7 Å². The molecule has 0 saturated heterocycles. The summed E-state index contributed by atoms with van der Waals surface area (Å²) in [6.07, 6.45) is 0.585. The fraction of sp³-hybridized carbons (Fsp3) is 0.214. The predicted octanol–water partition coefficient (Wildman–Crippen LogP) is 4.69. The summed E-state index contributed by atoms with van der Waals surface area (Å²) in [5, 5.41) is 10.9. The van der Waals surface area contributed by atoms with Crippen LogP contribution in [0.5, 0.6) is 11.5 Å². The standard InChI is InChI=1S/C28H28N4O5S/c1-4-24(28(35)30-25-17-26(33)32(31-25)20-10-6-5-7-11-20)38-21-12-8-9-19(16-21)29-27(34)18-13-14-22(36-2)23(15-18)37-3/h5-16,24H,4,17H2,1-3H3,(H,29,34)(H,30,31,35). The first kappa shape index (κ1) is 26.7. The number of hydrogen-bond acceptors (Lipinski definition) is 7. The maximum atomic E-state index is 13.0. The average Bonchev–Trinajstić information content (AvgIpc) is 3.31. The summed E-state index contributed by atoms with van der Waals surface area (Å²) in [6.45, 7) is 1.91. The average molecular weight is 533 g/mol. The van der Waals surface area contributed by atoms with Gasteiger partial charge in [0, 0.05) is 16.1 Å². The van der Waals surface area contributed by atoms with Gasteiger partial charge in [-0.15, -0.1) is 11.8 Å². The Bertz CT molecular complexity index is 1360. The number of nitrogens with one attached hydrogen (secondary N) is 2. The number of hydrazone groups is 1. The number of para-hydroxylation sites is 1. The highest BCUT2D eigenvalue weighted by Crippen LogP contribution is 2.30. The maximum absolute atomic E-state index is 13.0. The summed E-state index contributed by atoms with van der Waals surface area (Å²) in [5.74, 6) is 0.571. The number of rotatable bonds is 9. The van der Waals surface area contributed by atoms with E-state index >= 15 is 0 Å². The summed E-state index contributed by atoms with van der Waals surface area (Å²) in [5.41, 5.74) is 1.66. The molecule has 0 aliphatic carbocycles. The Kier molecular flexibility index (Phi) is 8.65. The second-order valence-corrected chi connectivity index (χ2v) is 9.60. The van der Waals surface area contributed by atoms with Gasteiger partial charge in [0.05, 0.1) is 31.6 Å². The van der Waals surface area contributed by atoms with Crippen molar-refractivity contribution in [1.29, 1.82) is 0 Å². The molecule has 3 aromatic carbocycles. The molecule has 1 aliphatic heterocycles. The smallest absolute Gasteiger partial charge is 0.255 e. The first-order valence-electron chi connectivity index (χ1n) is 12.0. The van der Waals surface area contributed by atoms with Crippen molar-refractivity contribution in [2.75, 3.05) is 24.5 Å². The Morgan fingerprint density at radius 1 is 0.974 bits per heavy atom. The molecule has 1 atom stereocenters. The van der Waals surface area contributed by atoms with Crippen molar-refractivity contribution in [3.8, 4) is 11.5 Å². The topological polar surface area (TPSA) is 109 Å². The molecule has 0 saturated carbocycles. The first-order valence-corrected chi connectivity index (χ1v) is 12.9. The molecule has 9 nitrogen and oxygen atoms in total. The van der Waals surface area contributed by atoms with E-state index < -0.39 is 5.25 Å². The molecule has 3 amide bonds. The quantitative estimate of drug-likeness (QED) is 0.387. The van der Waals surface area contributed by atoms with Crippen LogP contribution in [0.1, 0.15) is 30.1 Å². The van der Waals surface area contributed by atoms with Crippen molar-refractivity contribution in [2.45, 2.75) is 29.9 Å². The van der Waals surface area contributed by atoms with Crippen LogP contribution in [0.2, 0.25) is 0 Å². The number of carbonyl (C=O) groups is 3. The summed E-state index contributed by atoms with van der Waals surface area (Å²) < 4.78 is 10.5. The fourth-order valence-corrected chi connectivity index (χ4v) is 4.82. The predicted molar refractivity (Wildman–Crippen MR) is 148 cm³/mol. The number of nitrogens with zero attached hydrogens (tertiary/aromatic N) is 2. The van der Waals surface area contributed by atoms with Crippen molar-refractivity contribution >= 4 is 46.7 Å². The summed E-state index contributed by atoms with van der Waals surface area (Å²) in [6, 6.07) is 21.3. The highest BCUT2D eigenvalue weighted by atomic mass is 32.2. The molecule has 10 heteroatoms. The van der Waals surface area contributed by atoms with Gasteiger partial charge in [-0.05, 0) is 55.0 Å². The lowest BCUT2D eigenvalue weighted by atomic mass is 10.2. The Hall–Kier alpha value is -4.31. The minimum Gasteiger partial charge on any atom is -0.493 e. The van der Waals surface area contributed by atoms with Crippen LogP contribution in [0, 0.1) is 0 Å². The van der Waals surface area contributed by atoms with E-state index in [1.807, 2.05) is 43.3 Å². The Balaban J connectivity index is 1.40. The minimum atomic E-state index is -0.421. The largest absolute Gasteiger partial charge is 0.493 e. The summed E-state index contributed by atoms with van der Waals surface area (Å²) >= 11 is 1.37. The monoisotopic (exact) mass is 532 g/mol. The highest BCUT2D eigenvalue weighted by molar-refractivity contribution is 8.00. The van der Waals surface area contributed by atoms with Crippen LogP contribution in [0.15, 0.2) is 82.8 Å². The van der Waals surface area contributed by atoms with Crippen LogP contribution in [-0.2, 0) is 9.59 Å². The second kappa shape index (κ2) is 12.3. The number of amides is 3. The van der Waals surface area contributed by atoms with Gasteiger partial charge >= 0.3 is 0 Å². The van der Waals surface area contributed by atoms with Crippen molar-refractivity contribution in [3.63, 3.8) is 0 Å². The number of carbonyl (C=O) groups excluding carboxylic acids is 3. The lowest BCUT2D eigenvalue weighted by molar-refractivity contribution is -0.119. The minimum absolute atomic E-state index is 0.0272.